The lowest BCUT2D eigenvalue weighted by atomic mass is 9.73. The monoisotopic (exact) mass is 382 g/mol. The van der Waals surface area contributed by atoms with Gasteiger partial charge in [-0.05, 0) is 61.4 Å². The Kier molecular flexibility index (Phi) is 7.54. The van der Waals surface area contributed by atoms with Crippen LogP contribution in [0.1, 0.15) is 76.0 Å². The summed E-state index contributed by atoms with van der Waals surface area (Å²) in [5.74, 6) is 7.18. The Labute approximate surface area is 177 Å². The van der Waals surface area contributed by atoms with Crippen molar-refractivity contribution in [2.75, 3.05) is 0 Å². The molecule has 29 heavy (non-hydrogen) atoms. The van der Waals surface area contributed by atoms with Gasteiger partial charge in [-0.1, -0.05) is 105 Å². The Bertz CT molecular complexity index is 900. The Morgan fingerprint density at radius 1 is 0.897 bits per heavy atom. The molecule has 0 saturated carbocycles. The molecule has 0 amide bonds. The highest BCUT2D eigenvalue weighted by atomic mass is 14.3. The van der Waals surface area contributed by atoms with E-state index in [1.165, 1.54) is 54.4 Å². The van der Waals surface area contributed by atoms with Gasteiger partial charge in [0, 0.05) is 5.56 Å². The molecule has 1 atom stereocenters. The Balaban J connectivity index is 1.82. The van der Waals surface area contributed by atoms with Gasteiger partial charge in [-0.15, -0.1) is 0 Å². The second-order valence-electron chi connectivity index (χ2n) is 8.38. The van der Waals surface area contributed by atoms with Crippen LogP contribution in [0.4, 0.5) is 0 Å². The molecule has 0 fully saturated rings. The topological polar surface area (TPSA) is 0 Å². The van der Waals surface area contributed by atoms with Crippen LogP contribution in [0.15, 0.2) is 72.3 Å². The van der Waals surface area contributed by atoms with Gasteiger partial charge < -0.3 is 0 Å². The Hall–Kier alpha value is -2.52. The fourth-order valence-corrected chi connectivity index (χ4v) is 4.12. The van der Waals surface area contributed by atoms with E-state index in [0.717, 1.165) is 18.4 Å². The molecule has 0 bridgehead atoms. The molecule has 1 aliphatic rings. The number of hydrogen-bond donors (Lipinski definition) is 0. The molecule has 0 aliphatic heterocycles. The summed E-state index contributed by atoms with van der Waals surface area (Å²) in [6, 6.07) is 19.6. The molecule has 0 aromatic heterocycles. The van der Waals surface area contributed by atoms with Crippen LogP contribution in [-0.4, -0.2) is 0 Å². The van der Waals surface area contributed by atoms with Crippen molar-refractivity contribution in [3.05, 3.63) is 89.0 Å². The first-order valence-electron chi connectivity index (χ1n) is 11.2. The SMILES string of the molecule is CCCCc1ccc(C#CC2(CCCC)C=CC(c3ccccc3)=C(C)C2)cc1. The molecule has 2 aromatic rings. The van der Waals surface area contributed by atoms with Gasteiger partial charge in [0.2, 0.25) is 0 Å². The van der Waals surface area contributed by atoms with Crippen molar-refractivity contribution in [3.8, 4) is 11.8 Å². The predicted octanol–water partition coefficient (Wildman–Crippen LogP) is 7.99. The molecule has 150 valence electrons. The lowest BCUT2D eigenvalue weighted by molar-refractivity contribution is 0.441. The number of unbranched alkanes of at least 4 members (excludes halogenated alkanes) is 2. The van der Waals surface area contributed by atoms with E-state index in [9.17, 15) is 0 Å². The molecule has 3 rings (SSSR count). The molecular weight excluding hydrogens is 348 g/mol. The quantitative estimate of drug-likeness (QED) is 0.426. The minimum absolute atomic E-state index is 0.0424. The van der Waals surface area contributed by atoms with E-state index < -0.39 is 0 Å². The first-order valence-corrected chi connectivity index (χ1v) is 11.2. The minimum Gasteiger partial charge on any atom is -0.0866 e. The summed E-state index contributed by atoms with van der Waals surface area (Å²) in [5.41, 5.74) is 6.62. The van der Waals surface area contributed by atoms with Crippen LogP contribution in [0.25, 0.3) is 5.57 Å². The highest BCUT2D eigenvalue weighted by Gasteiger charge is 2.28. The van der Waals surface area contributed by atoms with E-state index in [0.29, 0.717) is 0 Å². The van der Waals surface area contributed by atoms with Crippen LogP contribution in [0.2, 0.25) is 0 Å². The zero-order valence-corrected chi connectivity index (χ0v) is 18.3. The van der Waals surface area contributed by atoms with E-state index >= 15 is 0 Å². The summed E-state index contributed by atoms with van der Waals surface area (Å²) in [7, 11) is 0. The van der Waals surface area contributed by atoms with Gasteiger partial charge in [-0.2, -0.15) is 0 Å². The molecular formula is C29H34. The van der Waals surface area contributed by atoms with E-state index in [2.05, 4.69) is 99.4 Å². The highest BCUT2D eigenvalue weighted by Crippen LogP contribution is 2.40. The van der Waals surface area contributed by atoms with Gasteiger partial charge in [-0.3, -0.25) is 0 Å². The van der Waals surface area contributed by atoms with E-state index in [1.54, 1.807) is 0 Å². The van der Waals surface area contributed by atoms with E-state index in [-0.39, 0.29) is 5.41 Å². The maximum atomic E-state index is 3.68. The van der Waals surface area contributed by atoms with Crippen LogP contribution >= 0.6 is 0 Å². The summed E-state index contributed by atoms with van der Waals surface area (Å²) >= 11 is 0. The summed E-state index contributed by atoms with van der Waals surface area (Å²) < 4.78 is 0. The number of benzene rings is 2. The normalized spacial score (nSPS) is 18.4. The zero-order valence-electron chi connectivity index (χ0n) is 18.3. The Morgan fingerprint density at radius 3 is 2.28 bits per heavy atom. The maximum Gasteiger partial charge on any atom is 0.0537 e. The van der Waals surface area contributed by atoms with Crippen molar-refractivity contribution in [1.82, 2.24) is 0 Å². The van der Waals surface area contributed by atoms with Crippen LogP contribution in [0.5, 0.6) is 0 Å². The fourth-order valence-electron chi connectivity index (χ4n) is 4.12. The summed E-state index contributed by atoms with van der Waals surface area (Å²) in [6.07, 6.45) is 12.9. The molecule has 0 nitrogen and oxygen atoms in total. The standard InChI is InChI=1S/C29H34/c1-4-6-11-25-14-16-26(17-15-25)18-21-29(20-7-5-2)22-19-28(24(3)23-29)27-12-9-8-10-13-27/h8-10,12-17,19,22H,4-7,11,20,23H2,1-3H3. The van der Waals surface area contributed by atoms with Gasteiger partial charge in [0.05, 0.1) is 5.41 Å². The highest BCUT2D eigenvalue weighted by molar-refractivity contribution is 5.78. The van der Waals surface area contributed by atoms with Gasteiger partial charge in [0.25, 0.3) is 0 Å². The van der Waals surface area contributed by atoms with Crippen molar-refractivity contribution >= 4 is 5.57 Å². The van der Waals surface area contributed by atoms with Crippen LogP contribution in [0, 0.1) is 17.3 Å². The van der Waals surface area contributed by atoms with Crippen LogP contribution in [0.3, 0.4) is 0 Å². The fraction of sp³-hybridized carbons (Fsp3) is 0.379. The number of allylic oxidation sites excluding steroid dienone is 4. The second-order valence-corrected chi connectivity index (χ2v) is 8.38. The van der Waals surface area contributed by atoms with Crippen LogP contribution < -0.4 is 0 Å². The lowest BCUT2D eigenvalue weighted by Crippen LogP contribution is -2.19. The maximum absolute atomic E-state index is 3.68. The Morgan fingerprint density at radius 2 is 1.62 bits per heavy atom. The molecule has 0 heterocycles. The minimum atomic E-state index is -0.0424. The molecule has 0 N–H and O–H groups in total. The van der Waals surface area contributed by atoms with Gasteiger partial charge >= 0.3 is 0 Å². The molecule has 0 radical (unpaired) electrons. The van der Waals surface area contributed by atoms with Gasteiger partial charge in [0.1, 0.15) is 0 Å². The number of rotatable bonds is 7. The molecule has 0 spiro atoms. The van der Waals surface area contributed by atoms with Crippen LogP contribution in [-0.2, 0) is 6.42 Å². The first-order chi connectivity index (χ1) is 14.2. The third-order valence-electron chi connectivity index (χ3n) is 5.90. The van der Waals surface area contributed by atoms with Gasteiger partial charge in [0.15, 0.2) is 0 Å². The van der Waals surface area contributed by atoms with Gasteiger partial charge in [-0.25, -0.2) is 0 Å². The third kappa shape index (κ3) is 5.74. The molecule has 0 heteroatoms. The summed E-state index contributed by atoms with van der Waals surface area (Å²) in [4.78, 5) is 0. The third-order valence-corrected chi connectivity index (χ3v) is 5.90. The van der Waals surface area contributed by atoms with E-state index in [4.69, 9.17) is 0 Å². The number of hydrogen-bond acceptors (Lipinski definition) is 0. The van der Waals surface area contributed by atoms with E-state index in [1.807, 2.05) is 0 Å². The van der Waals surface area contributed by atoms with Crippen molar-refractivity contribution in [2.45, 2.75) is 65.7 Å². The van der Waals surface area contributed by atoms with Crippen molar-refractivity contribution < 1.29 is 0 Å². The molecule has 2 aromatic carbocycles. The average Bonchev–Trinajstić information content (AvgIpc) is 2.76. The second kappa shape index (κ2) is 10.3. The first kappa shape index (κ1) is 21.2. The molecule has 0 saturated heterocycles. The summed E-state index contributed by atoms with van der Waals surface area (Å²) in [5, 5.41) is 0. The zero-order chi connectivity index (χ0) is 20.5. The number of aryl methyl sites for hydroxylation is 1. The molecule has 1 aliphatic carbocycles. The largest absolute Gasteiger partial charge is 0.0866 e. The molecule has 1 unspecified atom stereocenters. The summed E-state index contributed by atoms with van der Waals surface area (Å²) in [6.45, 7) is 6.78. The predicted molar refractivity (Wildman–Crippen MR) is 127 cm³/mol. The average molecular weight is 383 g/mol. The van der Waals surface area contributed by atoms with Crippen molar-refractivity contribution in [3.63, 3.8) is 0 Å². The van der Waals surface area contributed by atoms with Crippen molar-refractivity contribution in [2.24, 2.45) is 5.41 Å². The smallest absolute Gasteiger partial charge is 0.0537 e. The lowest BCUT2D eigenvalue weighted by Gasteiger charge is -2.30. The van der Waals surface area contributed by atoms with Crippen molar-refractivity contribution in [1.29, 1.82) is 0 Å².